The van der Waals surface area contributed by atoms with Crippen molar-refractivity contribution < 1.29 is 18.3 Å². The van der Waals surface area contributed by atoms with Crippen molar-refractivity contribution in [1.82, 2.24) is 4.90 Å². The fraction of sp³-hybridized carbons (Fsp3) is 0.533. The van der Waals surface area contributed by atoms with Gasteiger partial charge >= 0.3 is 5.97 Å². The first-order valence-corrected chi connectivity index (χ1v) is 6.97. The molecule has 0 N–H and O–H groups in total. The normalized spacial score (nSPS) is 19.9. The number of piperidine rings is 1. The van der Waals surface area contributed by atoms with Crippen molar-refractivity contribution in [2.45, 2.75) is 38.8 Å². The molecule has 0 saturated carbocycles. The molecule has 1 saturated heterocycles. The topological polar surface area (TPSA) is 29.5 Å². The first-order valence-electron chi connectivity index (χ1n) is 6.97. The Morgan fingerprint density at radius 2 is 2.05 bits per heavy atom. The lowest BCUT2D eigenvalue weighted by molar-refractivity contribution is -0.151. The number of esters is 1. The maximum Gasteiger partial charge on any atom is 0.323 e. The van der Waals surface area contributed by atoms with Crippen molar-refractivity contribution in [1.29, 1.82) is 0 Å². The number of likely N-dealkylation sites (tertiary alicyclic amines) is 1. The largest absolute Gasteiger partial charge is 0.465 e. The number of ether oxygens (including phenoxy) is 1. The first-order chi connectivity index (χ1) is 9.63. The molecule has 110 valence electrons. The van der Waals surface area contributed by atoms with Crippen molar-refractivity contribution in [2.75, 3.05) is 13.2 Å². The average molecular weight is 283 g/mol. The van der Waals surface area contributed by atoms with Crippen LogP contribution < -0.4 is 0 Å². The third-order valence-electron chi connectivity index (χ3n) is 3.60. The van der Waals surface area contributed by atoms with Gasteiger partial charge in [0.2, 0.25) is 0 Å². The Balaban J connectivity index is 2.14. The molecule has 2 rings (SSSR count). The minimum absolute atomic E-state index is 0.0173. The first kappa shape index (κ1) is 14.9. The van der Waals surface area contributed by atoms with Crippen molar-refractivity contribution in [3.8, 4) is 0 Å². The highest BCUT2D eigenvalue weighted by atomic mass is 19.1. The molecule has 5 heteroatoms. The van der Waals surface area contributed by atoms with Gasteiger partial charge in [-0.3, -0.25) is 9.69 Å². The Morgan fingerprint density at radius 1 is 1.35 bits per heavy atom. The fourth-order valence-corrected chi connectivity index (χ4v) is 2.57. The number of halogens is 2. The summed E-state index contributed by atoms with van der Waals surface area (Å²) in [7, 11) is 0. The molecule has 1 atom stereocenters. The molecule has 1 heterocycles. The predicted molar refractivity (Wildman–Crippen MR) is 71.0 cm³/mol. The van der Waals surface area contributed by atoms with Gasteiger partial charge in [0.05, 0.1) is 6.61 Å². The van der Waals surface area contributed by atoms with E-state index in [-0.39, 0.29) is 18.1 Å². The van der Waals surface area contributed by atoms with E-state index in [0.717, 1.165) is 12.8 Å². The zero-order chi connectivity index (χ0) is 14.5. The maximum absolute atomic E-state index is 13.7. The molecule has 0 unspecified atom stereocenters. The van der Waals surface area contributed by atoms with E-state index in [4.69, 9.17) is 4.74 Å². The van der Waals surface area contributed by atoms with Crippen LogP contribution in [-0.2, 0) is 16.1 Å². The van der Waals surface area contributed by atoms with Crippen molar-refractivity contribution in [3.63, 3.8) is 0 Å². The molecule has 1 aromatic rings. The highest BCUT2D eigenvalue weighted by Gasteiger charge is 2.30. The van der Waals surface area contributed by atoms with E-state index < -0.39 is 17.7 Å². The van der Waals surface area contributed by atoms with Crippen LogP contribution in [0.2, 0.25) is 0 Å². The van der Waals surface area contributed by atoms with Gasteiger partial charge in [0.1, 0.15) is 17.7 Å². The number of hydrogen-bond donors (Lipinski definition) is 0. The molecule has 1 aliphatic heterocycles. The van der Waals surface area contributed by atoms with Gasteiger partial charge in [-0.1, -0.05) is 12.5 Å². The smallest absolute Gasteiger partial charge is 0.323 e. The molecule has 1 aliphatic rings. The quantitative estimate of drug-likeness (QED) is 0.796. The van der Waals surface area contributed by atoms with Crippen LogP contribution in [-0.4, -0.2) is 30.1 Å². The van der Waals surface area contributed by atoms with Gasteiger partial charge in [-0.15, -0.1) is 0 Å². The van der Waals surface area contributed by atoms with Crippen LogP contribution in [0.1, 0.15) is 31.7 Å². The lowest BCUT2D eigenvalue weighted by Gasteiger charge is -2.34. The van der Waals surface area contributed by atoms with E-state index in [2.05, 4.69) is 0 Å². The minimum atomic E-state index is -0.571. The Bertz CT molecular complexity index is 459. The third-order valence-corrected chi connectivity index (χ3v) is 3.60. The van der Waals surface area contributed by atoms with E-state index in [1.54, 1.807) is 6.92 Å². The van der Waals surface area contributed by atoms with Crippen LogP contribution in [0.3, 0.4) is 0 Å². The van der Waals surface area contributed by atoms with E-state index in [1.165, 1.54) is 18.2 Å². The SMILES string of the molecule is CCOC(=O)[C@H]1CCCCN1Cc1c(F)cccc1F. The van der Waals surface area contributed by atoms with Gasteiger partial charge in [-0.25, -0.2) is 8.78 Å². The van der Waals surface area contributed by atoms with E-state index in [1.807, 2.05) is 4.90 Å². The summed E-state index contributed by atoms with van der Waals surface area (Å²) in [4.78, 5) is 13.7. The molecule has 0 amide bonds. The zero-order valence-electron chi connectivity index (χ0n) is 11.6. The molecule has 1 fully saturated rings. The Kier molecular flexibility index (Phi) is 5.06. The minimum Gasteiger partial charge on any atom is -0.465 e. The highest BCUT2D eigenvalue weighted by molar-refractivity contribution is 5.75. The lowest BCUT2D eigenvalue weighted by Crippen LogP contribution is -2.45. The number of nitrogens with zero attached hydrogens (tertiary/aromatic N) is 1. The van der Waals surface area contributed by atoms with Crippen molar-refractivity contribution in [2.24, 2.45) is 0 Å². The van der Waals surface area contributed by atoms with Crippen molar-refractivity contribution in [3.05, 3.63) is 35.4 Å². The van der Waals surface area contributed by atoms with E-state index in [0.29, 0.717) is 19.6 Å². The summed E-state index contributed by atoms with van der Waals surface area (Å²) in [5, 5.41) is 0. The predicted octanol–water partition coefficient (Wildman–Crippen LogP) is 2.88. The zero-order valence-corrected chi connectivity index (χ0v) is 11.6. The van der Waals surface area contributed by atoms with Gasteiger partial charge in [0.15, 0.2) is 0 Å². The summed E-state index contributed by atoms with van der Waals surface area (Å²) in [6.45, 7) is 2.82. The van der Waals surface area contributed by atoms with Crippen LogP contribution in [0.25, 0.3) is 0 Å². The summed E-state index contributed by atoms with van der Waals surface area (Å²) in [5.74, 6) is -1.44. The molecule has 0 aromatic heterocycles. The van der Waals surface area contributed by atoms with Gasteiger partial charge in [0.25, 0.3) is 0 Å². The molecule has 0 bridgehead atoms. The Morgan fingerprint density at radius 3 is 2.70 bits per heavy atom. The van der Waals surface area contributed by atoms with Crippen LogP contribution in [0.4, 0.5) is 8.78 Å². The Labute approximate surface area is 117 Å². The second-order valence-corrected chi connectivity index (χ2v) is 4.93. The van der Waals surface area contributed by atoms with E-state index in [9.17, 15) is 13.6 Å². The molecule has 0 aliphatic carbocycles. The summed E-state index contributed by atoms with van der Waals surface area (Å²) in [5.41, 5.74) is 0.0173. The standard InChI is InChI=1S/C15H19F2NO2/c1-2-20-15(19)14-8-3-4-9-18(14)10-11-12(16)6-5-7-13(11)17/h5-7,14H,2-4,8-10H2,1H3/t14-/m1/s1. The number of carbonyl (C=O) groups is 1. The monoisotopic (exact) mass is 283 g/mol. The number of rotatable bonds is 4. The molecule has 0 radical (unpaired) electrons. The highest BCUT2D eigenvalue weighted by Crippen LogP contribution is 2.23. The molecule has 1 aromatic carbocycles. The van der Waals surface area contributed by atoms with Gasteiger partial charge in [-0.2, -0.15) is 0 Å². The number of hydrogen-bond acceptors (Lipinski definition) is 3. The van der Waals surface area contributed by atoms with Gasteiger partial charge in [-0.05, 0) is 38.4 Å². The molecule has 3 nitrogen and oxygen atoms in total. The summed E-state index contributed by atoms with van der Waals surface area (Å²) < 4.78 is 32.4. The average Bonchev–Trinajstić information content (AvgIpc) is 2.44. The summed E-state index contributed by atoms with van der Waals surface area (Å²) in [6.07, 6.45) is 2.53. The van der Waals surface area contributed by atoms with E-state index >= 15 is 0 Å². The number of benzene rings is 1. The second-order valence-electron chi connectivity index (χ2n) is 4.93. The molecular formula is C15H19F2NO2. The van der Waals surface area contributed by atoms with Crippen LogP contribution in [0, 0.1) is 11.6 Å². The second kappa shape index (κ2) is 6.79. The fourth-order valence-electron chi connectivity index (χ4n) is 2.57. The number of carbonyl (C=O) groups excluding carboxylic acids is 1. The molecule has 0 spiro atoms. The summed E-state index contributed by atoms with van der Waals surface area (Å²) >= 11 is 0. The van der Waals surface area contributed by atoms with Crippen LogP contribution in [0.15, 0.2) is 18.2 Å². The van der Waals surface area contributed by atoms with Crippen LogP contribution in [0.5, 0.6) is 0 Å². The Hall–Kier alpha value is -1.49. The van der Waals surface area contributed by atoms with Gasteiger partial charge < -0.3 is 4.74 Å². The molecule has 20 heavy (non-hydrogen) atoms. The van der Waals surface area contributed by atoms with Gasteiger partial charge in [0, 0.05) is 12.1 Å². The maximum atomic E-state index is 13.7. The van der Waals surface area contributed by atoms with Crippen LogP contribution >= 0.6 is 0 Å². The third kappa shape index (κ3) is 3.33. The lowest BCUT2D eigenvalue weighted by atomic mass is 10.0. The van der Waals surface area contributed by atoms with Crippen molar-refractivity contribution >= 4 is 5.97 Å². The molecular weight excluding hydrogens is 264 g/mol. The summed E-state index contributed by atoms with van der Waals surface area (Å²) in [6, 6.07) is 3.42.